The first kappa shape index (κ1) is 20.1. The normalized spacial score (nSPS) is 17.2. The average Bonchev–Trinajstić information content (AvgIpc) is 3.05. The van der Waals surface area contributed by atoms with Gasteiger partial charge in [-0.15, -0.1) is 0 Å². The number of carbonyl (C=O) groups is 1. The molecule has 1 aromatic heterocycles. The van der Waals surface area contributed by atoms with Gasteiger partial charge in [0.05, 0.1) is 10.6 Å². The molecule has 1 saturated heterocycles. The van der Waals surface area contributed by atoms with E-state index in [0.717, 1.165) is 16.8 Å². The molecule has 0 radical (unpaired) electrons. The number of aromatic nitrogens is 1. The number of carbonyl (C=O) groups excluding carboxylic acids is 1. The Morgan fingerprint density at radius 3 is 2.43 bits per heavy atom. The fraction of sp³-hybridized carbons (Fsp3) is 0.0417. The third kappa shape index (κ3) is 4.53. The van der Waals surface area contributed by atoms with Crippen molar-refractivity contribution in [2.24, 2.45) is 4.99 Å². The van der Waals surface area contributed by atoms with E-state index in [1.807, 2.05) is 79.7 Å². The fourth-order valence-electron chi connectivity index (χ4n) is 2.98. The summed E-state index contributed by atoms with van der Waals surface area (Å²) in [5.41, 5.74) is 3.33. The van der Waals surface area contributed by atoms with Crippen LogP contribution in [0.25, 0.3) is 6.08 Å². The van der Waals surface area contributed by atoms with Crippen LogP contribution in [0.2, 0.25) is 5.15 Å². The molecule has 0 atom stereocenters. The molecule has 4 rings (SSSR count). The minimum Gasteiger partial charge on any atom is -0.268 e. The lowest BCUT2D eigenvalue weighted by Crippen LogP contribution is -2.28. The standard InChI is InChI=1S/C24H18ClN3OS/c1-17(15-18-9-4-2-5-10-18)16-21-23(29)28(19-11-6-3-7-12-19)24(30-21)27-20-13-8-14-26-22(20)25/h2-16H,1H3/b17-15+,21-16-,27-24?. The van der Waals surface area contributed by atoms with Crippen LogP contribution in [0.4, 0.5) is 11.4 Å². The Balaban J connectivity index is 1.73. The maximum absolute atomic E-state index is 13.3. The zero-order valence-electron chi connectivity index (χ0n) is 16.2. The number of hydrogen-bond acceptors (Lipinski definition) is 4. The molecule has 1 amide bonds. The van der Waals surface area contributed by atoms with Crippen molar-refractivity contribution in [2.45, 2.75) is 6.92 Å². The molecule has 0 spiro atoms. The molecule has 0 N–H and O–H groups in total. The maximum Gasteiger partial charge on any atom is 0.271 e. The van der Waals surface area contributed by atoms with Crippen LogP contribution in [0.3, 0.4) is 0 Å². The number of benzene rings is 2. The molecule has 1 aliphatic heterocycles. The smallest absolute Gasteiger partial charge is 0.268 e. The molecule has 0 unspecified atom stereocenters. The number of pyridine rings is 1. The molecule has 0 saturated carbocycles. The Kier molecular flexibility index (Phi) is 6.12. The summed E-state index contributed by atoms with van der Waals surface area (Å²) in [6.07, 6.45) is 5.54. The van der Waals surface area contributed by atoms with Crippen LogP contribution < -0.4 is 4.90 Å². The highest BCUT2D eigenvalue weighted by molar-refractivity contribution is 8.19. The topological polar surface area (TPSA) is 45.6 Å². The first-order valence-corrected chi connectivity index (χ1v) is 10.5. The average molecular weight is 432 g/mol. The lowest BCUT2D eigenvalue weighted by atomic mass is 10.1. The minimum absolute atomic E-state index is 0.120. The summed E-state index contributed by atoms with van der Waals surface area (Å²) in [6, 6.07) is 23.0. The van der Waals surface area contributed by atoms with Gasteiger partial charge in [0.2, 0.25) is 0 Å². The molecule has 148 valence electrons. The lowest BCUT2D eigenvalue weighted by Gasteiger charge is -2.15. The highest BCUT2D eigenvalue weighted by Gasteiger charge is 2.34. The van der Waals surface area contributed by atoms with E-state index in [2.05, 4.69) is 9.98 Å². The molecule has 1 fully saturated rings. The summed E-state index contributed by atoms with van der Waals surface area (Å²) in [5.74, 6) is -0.120. The van der Waals surface area contributed by atoms with Gasteiger partial charge >= 0.3 is 0 Å². The highest BCUT2D eigenvalue weighted by atomic mass is 35.5. The summed E-state index contributed by atoms with van der Waals surface area (Å²) in [6.45, 7) is 1.98. The zero-order chi connectivity index (χ0) is 20.9. The van der Waals surface area contributed by atoms with Gasteiger partial charge in [0.15, 0.2) is 10.3 Å². The number of allylic oxidation sites excluding steroid dienone is 2. The van der Waals surface area contributed by atoms with Crippen molar-refractivity contribution in [3.05, 3.63) is 106 Å². The van der Waals surface area contributed by atoms with Crippen LogP contribution in [-0.2, 0) is 4.79 Å². The van der Waals surface area contributed by atoms with Gasteiger partial charge in [0.25, 0.3) is 5.91 Å². The van der Waals surface area contributed by atoms with Gasteiger partial charge in [-0.25, -0.2) is 9.98 Å². The number of hydrogen-bond donors (Lipinski definition) is 0. The van der Waals surface area contributed by atoms with Gasteiger partial charge in [-0.3, -0.25) is 9.69 Å². The van der Waals surface area contributed by atoms with Crippen LogP contribution in [0.15, 0.2) is 101 Å². The summed E-state index contributed by atoms with van der Waals surface area (Å²) in [7, 11) is 0. The van der Waals surface area contributed by atoms with E-state index in [-0.39, 0.29) is 5.91 Å². The summed E-state index contributed by atoms with van der Waals surface area (Å²) >= 11 is 7.51. The zero-order valence-corrected chi connectivity index (χ0v) is 17.8. The van der Waals surface area contributed by atoms with E-state index >= 15 is 0 Å². The van der Waals surface area contributed by atoms with Crippen molar-refractivity contribution >= 4 is 51.9 Å². The van der Waals surface area contributed by atoms with Crippen molar-refractivity contribution in [3.8, 4) is 0 Å². The minimum atomic E-state index is -0.120. The molecule has 2 aromatic carbocycles. The Morgan fingerprint density at radius 2 is 1.73 bits per heavy atom. The Bertz CT molecular complexity index is 1160. The van der Waals surface area contributed by atoms with Gasteiger partial charge in [-0.1, -0.05) is 66.2 Å². The van der Waals surface area contributed by atoms with Crippen LogP contribution in [0, 0.1) is 0 Å². The lowest BCUT2D eigenvalue weighted by molar-refractivity contribution is -0.113. The third-order valence-corrected chi connectivity index (χ3v) is 5.59. The molecule has 6 heteroatoms. The van der Waals surface area contributed by atoms with Gasteiger partial charge in [-0.2, -0.15) is 0 Å². The van der Waals surface area contributed by atoms with Crippen LogP contribution in [-0.4, -0.2) is 16.1 Å². The second kappa shape index (κ2) is 9.11. The molecule has 4 nitrogen and oxygen atoms in total. The summed E-state index contributed by atoms with van der Waals surface area (Å²) < 4.78 is 0. The molecule has 30 heavy (non-hydrogen) atoms. The first-order chi connectivity index (χ1) is 14.6. The number of halogens is 1. The van der Waals surface area contributed by atoms with E-state index in [4.69, 9.17) is 11.6 Å². The molecule has 3 aromatic rings. The van der Waals surface area contributed by atoms with Crippen LogP contribution in [0.1, 0.15) is 12.5 Å². The third-order valence-electron chi connectivity index (χ3n) is 4.33. The fourth-order valence-corrected chi connectivity index (χ4v) is 4.18. The quantitative estimate of drug-likeness (QED) is 0.350. The van der Waals surface area contributed by atoms with E-state index in [9.17, 15) is 4.79 Å². The predicted octanol–water partition coefficient (Wildman–Crippen LogP) is 6.49. The summed E-state index contributed by atoms with van der Waals surface area (Å²) in [4.78, 5) is 24.2. The van der Waals surface area contributed by atoms with E-state index in [0.29, 0.717) is 20.9 Å². The SMILES string of the molecule is CC(/C=C1\SC(=Nc2cccnc2Cl)N(c2ccccc2)C1=O)=C\c1ccccc1. The van der Waals surface area contributed by atoms with Crippen LogP contribution >= 0.6 is 23.4 Å². The number of anilines is 1. The molecule has 0 aliphatic carbocycles. The van der Waals surface area contributed by atoms with Gasteiger partial charge in [0, 0.05) is 6.20 Å². The Labute approximate surface area is 184 Å². The molecular formula is C24H18ClN3OS. The van der Waals surface area contributed by atoms with Crippen molar-refractivity contribution < 1.29 is 4.79 Å². The van der Waals surface area contributed by atoms with Crippen LogP contribution in [0.5, 0.6) is 0 Å². The molecule has 0 bridgehead atoms. The number of nitrogens with zero attached hydrogens (tertiary/aromatic N) is 3. The second-order valence-corrected chi connectivity index (χ2v) is 7.96. The first-order valence-electron chi connectivity index (χ1n) is 9.33. The second-order valence-electron chi connectivity index (χ2n) is 6.59. The number of para-hydroxylation sites is 1. The van der Waals surface area contributed by atoms with E-state index in [1.165, 1.54) is 11.8 Å². The van der Waals surface area contributed by atoms with Crippen molar-refractivity contribution in [2.75, 3.05) is 4.90 Å². The van der Waals surface area contributed by atoms with Gasteiger partial charge < -0.3 is 0 Å². The highest BCUT2D eigenvalue weighted by Crippen LogP contribution is 2.37. The number of rotatable bonds is 4. The number of amidine groups is 1. The summed E-state index contributed by atoms with van der Waals surface area (Å²) in [5, 5.41) is 0.837. The Hall–Kier alpha value is -3.15. The maximum atomic E-state index is 13.3. The number of thioether (sulfide) groups is 1. The molecular weight excluding hydrogens is 414 g/mol. The van der Waals surface area contributed by atoms with E-state index in [1.54, 1.807) is 23.2 Å². The monoisotopic (exact) mass is 431 g/mol. The largest absolute Gasteiger partial charge is 0.271 e. The van der Waals surface area contributed by atoms with E-state index < -0.39 is 0 Å². The number of amides is 1. The van der Waals surface area contributed by atoms with Crippen molar-refractivity contribution in [1.82, 2.24) is 4.98 Å². The van der Waals surface area contributed by atoms with Gasteiger partial charge in [0.1, 0.15) is 5.69 Å². The Morgan fingerprint density at radius 1 is 1.03 bits per heavy atom. The van der Waals surface area contributed by atoms with Crippen molar-refractivity contribution in [1.29, 1.82) is 0 Å². The van der Waals surface area contributed by atoms with Crippen molar-refractivity contribution in [3.63, 3.8) is 0 Å². The van der Waals surface area contributed by atoms with Gasteiger partial charge in [-0.05, 0) is 60.2 Å². The number of aliphatic imine (C=N–C) groups is 1. The molecule has 1 aliphatic rings. The molecule has 2 heterocycles. The predicted molar refractivity (Wildman–Crippen MR) is 126 cm³/mol.